The number of nitrogens with one attached hydrogen (secondary N) is 1. The number of benzene rings is 1. The molecule has 1 aliphatic rings. The molecule has 0 aliphatic carbocycles. The highest BCUT2D eigenvalue weighted by Crippen LogP contribution is 2.26. The number of aromatic nitrogens is 2. The minimum atomic E-state index is -0.458. The maximum Gasteiger partial charge on any atom is 0.311 e. The topological polar surface area (TPSA) is 95.4 Å². The van der Waals surface area contributed by atoms with E-state index >= 15 is 0 Å². The first-order chi connectivity index (χ1) is 13.0. The molecule has 1 saturated heterocycles. The Labute approximate surface area is 153 Å². The van der Waals surface area contributed by atoms with E-state index in [9.17, 15) is 19.3 Å². The highest BCUT2D eigenvalue weighted by molar-refractivity contribution is 6.06. The lowest BCUT2D eigenvalue weighted by Gasteiger charge is -2.35. The number of piperazine rings is 1. The van der Waals surface area contributed by atoms with E-state index in [0.29, 0.717) is 48.5 Å². The number of amides is 1. The molecule has 3 heterocycles. The van der Waals surface area contributed by atoms with Crippen LogP contribution in [-0.4, -0.2) is 51.9 Å². The van der Waals surface area contributed by atoms with Crippen LogP contribution in [0.4, 0.5) is 15.9 Å². The first kappa shape index (κ1) is 17.0. The molecular weight excluding hydrogens is 353 g/mol. The first-order valence-electron chi connectivity index (χ1n) is 8.45. The molecule has 1 N–H and O–H groups in total. The van der Waals surface area contributed by atoms with Crippen LogP contribution in [0.2, 0.25) is 0 Å². The summed E-state index contributed by atoms with van der Waals surface area (Å²) in [5.74, 6) is -0.283. The number of carbonyl (C=O) groups is 1. The van der Waals surface area contributed by atoms with Crippen molar-refractivity contribution in [3.8, 4) is 0 Å². The number of hydrogen-bond donors (Lipinski definition) is 1. The van der Waals surface area contributed by atoms with Gasteiger partial charge in [0.25, 0.3) is 5.91 Å². The van der Waals surface area contributed by atoms with E-state index in [-0.39, 0.29) is 11.6 Å². The normalized spacial score (nSPS) is 14.6. The fourth-order valence-corrected chi connectivity index (χ4v) is 3.34. The van der Waals surface area contributed by atoms with E-state index in [0.717, 1.165) is 0 Å². The molecule has 0 radical (unpaired) electrons. The summed E-state index contributed by atoms with van der Waals surface area (Å²) in [6, 6.07) is 7.22. The summed E-state index contributed by atoms with van der Waals surface area (Å²) in [7, 11) is 0. The Hall–Kier alpha value is -3.49. The minimum Gasteiger partial charge on any atom is -0.360 e. The number of rotatable bonds is 3. The number of aromatic amines is 1. The van der Waals surface area contributed by atoms with E-state index in [1.807, 2.05) is 0 Å². The van der Waals surface area contributed by atoms with Gasteiger partial charge in [0, 0.05) is 55.5 Å². The molecule has 8 nitrogen and oxygen atoms in total. The Morgan fingerprint density at radius 2 is 2.00 bits per heavy atom. The Balaban J connectivity index is 1.52. The molecule has 0 unspecified atom stereocenters. The zero-order valence-electron chi connectivity index (χ0n) is 14.3. The molecule has 0 saturated carbocycles. The molecule has 0 bridgehead atoms. The molecule has 1 fully saturated rings. The molecule has 4 rings (SSSR count). The van der Waals surface area contributed by atoms with E-state index in [2.05, 4.69) is 9.97 Å². The van der Waals surface area contributed by atoms with Gasteiger partial charge in [0.05, 0.1) is 10.5 Å². The molecular formula is C18H16FN5O3. The fraction of sp³-hybridized carbons (Fsp3) is 0.222. The molecule has 138 valence electrons. The number of pyridine rings is 1. The number of nitrogens with zero attached hydrogens (tertiary/aromatic N) is 4. The van der Waals surface area contributed by atoms with Crippen molar-refractivity contribution >= 4 is 28.3 Å². The zero-order chi connectivity index (χ0) is 19.0. The Morgan fingerprint density at radius 1 is 1.22 bits per heavy atom. The van der Waals surface area contributed by atoms with Gasteiger partial charge in [0.15, 0.2) is 0 Å². The molecule has 1 amide bonds. The van der Waals surface area contributed by atoms with Crippen LogP contribution >= 0.6 is 0 Å². The second-order valence-electron chi connectivity index (χ2n) is 6.27. The van der Waals surface area contributed by atoms with Gasteiger partial charge in [-0.05, 0) is 24.3 Å². The SMILES string of the molecule is O=C(c1c[nH]c2ccc(F)cc12)N1CCN(c2ncccc2[N+](=O)[O-])CC1. The summed E-state index contributed by atoms with van der Waals surface area (Å²) < 4.78 is 13.5. The largest absolute Gasteiger partial charge is 0.360 e. The summed E-state index contributed by atoms with van der Waals surface area (Å²) >= 11 is 0. The third-order valence-electron chi connectivity index (χ3n) is 4.70. The van der Waals surface area contributed by atoms with Crippen molar-refractivity contribution < 1.29 is 14.1 Å². The van der Waals surface area contributed by atoms with Gasteiger partial charge in [-0.3, -0.25) is 14.9 Å². The molecule has 3 aromatic rings. The third-order valence-corrected chi connectivity index (χ3v) is 4.70. The number of nitro groups is 1. The van der Waals surface area contributed by atoms with Crippen LogP contribution in [0, 0.1) is 15.9 Å². The third kappa shape index (κ3) is 3.07. The molecule has 1 aliphatic heterocycles. The summed E-state index contributed by atoms with van der Waals surface area (Å²) in [5.41, 5.74) is 1.06. The van der Waals surface area contributed by atoms with Crippen LogP contribution < -0.4 is 4.90 Å². The predicted molar refractivity (Wildman–Crippen MR) is 97.3 cm³/mol. The van der Waals surface area contributed by atoms with Gasteiger partial charge in [-0.15, -0.1) is 0 Å². The highest BCUT2D eigenvalue weighted by atomic mass is 19.1. The van der Waals surface area contributed by atoms with Crippen LogP contribution in [0.15, 0.2) is 42.7 Å². The number of fused-ring (bicyclic) bond motifs is 1. The van der Waals surface area contributed by atoms with Crippen LogP contribution in [0.3, 0.4) is 0 Å². The first-order valence-corrected chi connectivity index (χ1v) is 8.45. The maximum absolute atomic E-state index is 13.5. The van der Waals surface area contributed by atoms with Crippen LogP contribution in [0.1, 0.15) is 10.4 Å². The van der Waals surface area contributed by atoms with E-state index in [4.69, 9.17) is 0 Å². The fourth-order valence-electron chi connectivity index (χ4n) is 3.34. The standard InChI is InChI=1S/C18H16FN5O3/c19-12-3-4-15-13(10-12)14(11-21-15)18(25)23-8-6-22(7-9-23)17-16(24(26)27)2-1-5-20-17/h1-5,10-11,21H,6-9H2. The highest BCUT2D eigenvalue weighted by Gasteiger charge is 2.28. The summed E-state index contributed by atoms with van der Waals surface area (Å²) in [4.78, 5) is 34.1. The van der Waals surface area contributed by atoms with Gasteiger partial charge in [-0.25, -0.2) is 9.37 Å². The number of hydrogen-bond acceptors (Lipinski definition) is 5. The van der Waals surface area contributed by atoms with Gasteiger partial charge in [-0.1, -0.05) is 0 Å². The summed E-state index contributed by atoms with van der Waals surface area (Å²) in [6.45, 7) is 1.66. The summed E-state index contributed by atoms with van der Waals surface area (Å²) in [5, 5.41) is 11.7. The van der Waals surface area contributed by atoms with Gasteiger partial charge in [0.2, 0.25) is 5.82 Å². The lowest BCUT2D eigenvalue weighted by molar-refractivity contribution is -0.384. The smallest absolute Gasteiger partial charge is 0.311 e. The maximum atomic E-state index is 13.5. The number of carbonyl (C=O) groups excluding carboxylic acids is 1. The minimum absolute atomic E-state index is 0.0515. The molecule has 0 atom stereocenters. The lowest BCUT2D eigenvalue weighted by Crippen LogP contribution is -2.49. The number of H-pyrrole nitrogens is 1. The van der Waals surface area contributed by atoms with Gasteiger partial charge < -0.3 is 14.8 Å². The van der Waals surface area contributed by atoms with Crippen molar-refractivity contribution in [1.29, 1.82) is 0 Å². The second-order valence-corrected chi connectivity index (χ2v) is 6.27. The zero-order valence-corrected chi connectivity index (χ0v) is 14.3. The van der Waals surface area contributed by atoms with Crippen molar-refractivity contribution in [2.45, 2.75) is 0 Å². The van der Waals surface area contributed by atoms with Crippen molar-refractivity contribution in [3.63, 3.8) is 0 Å². The average molecular weight is 369 g/mol. The van der Waals surface area contributed by atoms with Gasteiger partial charge in [0.1, 0.15) is 5.82 Å². The van der Waals surface area contributed by atoms with Gasteiger partial charge in [-0.2, -0.15) is 0 Å². The Kier molecular flexibility index (Phi) is 4.19. The van der Waals surface area contributed by atoms with Crippen molar-refractivity contribution in [1.82, 2.24) is 14.9 Å². The molecule has 9 heteroatoms. The van der Waals surface area contributed by atoms with Crippen LogP contribution in [0.25, 0.3) is 10.9 Å². The lowest BCUT2D eigenvalue weighted by atomic mass is 10.1. The molecule has 0 spiro atoms. The Morgan fingerprint density at radius 3 is 2.74 bits per heavy atom. The summed E-state index contributed by atoms with van der Waals surface area (Å²) in [6.07, 6.45) is 3.10. The average Bonchev–Trinajstić information content (AvgIpc) is 3.10. The molecule has 27 heavy (non-hydrogen) atoms. The van der Waals surface area contributed by atoms with E-state index in [1.165, 1.54) is 30.5 Å². The molecule has 2 aromatic heterocycles. The quantitative estimate of drug-likeness (QED) is 0.565. The number of anilines is 1. The van der Waals surface area contributed by atoms with Gasteiger partial charge >= 0.3 is 5.69 Å². The van der Waals surface area contributed by atoms with Crippen molar-refractivity contribution in [2.24, 2.45) is 0 Å². The van der Waals surface area contributed by atoms with Crippen LogP contribution in [-0.2, 0) is 0 Å². The second kappa shape index (κ2) is 6.67. The molecule has 1 aromatic carbocycles. The Bertz CT molecular complexity index is 1030. The van der Waals surface area contributed by atoms with Crippen LogP contribution in [0.5, 0.6) is 0 Å². The monoisotopic (exact) mass is 369 g/mol. The van der Waals surface area contributed by atoms with E-state index in [1.54, 1.807) is 22.1 Å². The van der Waals surface area contributed by atoms with Crippen molar-refractivity contribution in [3.05, 3.63) is 64.2 Å². The van der Waals surface area contributed by atoms with E-state index < -0.39 is 10.7 Å². The van der Waals surface area contributed by atoms with Crippen molar-refractivity contribution in [2.75, 3.05) is 31.1 Å². The number of halogens is 1. The predicted octanol–water partition coefficient (Wildman–Crippen LogP) is 2.57.